The van der Waals surface area contributed by atoms with E-state index in [2.05, 4.69) is 0 Å². The molecule has 2 rings (SSSR count). The smallest absolute Gasteiger partial charge is 0.128 e. The Hall–Kier alpha value is -0.890. The van der Waals surface area contributed by atoms with Gasteiger partial charge in [-0.1, -0.05) is 31.0 Å². The van der Waals surface area contributed by atoms with E-state index in [-0.39, 0.29) is 5.82 Å². The van der Waals surface area contributed by atoms with E-state index < -0.39 is 5.54 Å². The maximum absolute atomic E-state index is 13.7. The van der Waals surface area contributed by atoms with Gasteiger partial charge < -0.3 is 5.73 Å². The lowest BCUT2D eigenvalue weighted by Gasteiger charge is -2.32. The molecule has 1 saturated carbocycles. The van der Waals surface area contributed by atoms with Gasteiger partial charge in [0.15, 0.2) is 0 Å². The van der Waals surface area contributed by atoms with Crippen molar-refractivity contribution < 1.29 is 4.39 Å². The number of hydrogen-bond donors (Lipinski definition) is 1. The highest BCUT2D eigenvalue weighted by atomic mass is 19.1. The van der Waals surface area contributed by atoms with Crippen molar-refractivity contribution in [1.29, 1.82) is 0 Å². The van der Waals surface area contributed by atoms with Crippen LogP contribution in [-0.4, -0.2) is 0 Å². The van der Waals surface area contributed by atoms with Crippen molar-refractivity contribution in [1.82, 2.24) is 0 Å². The fourth-order valence-corrected chi connectivity index (χ4v) is 2.64. The summed E-state index contributed by atoms with van der Waals surface area (Å²) in [5.74, 6) is 0.254. The minimum Gasteiger partial charge on any atom is -0.321 e. The third kappa shape index (κ3) is 1.91. The topological polar surface area (TPSA) is 26.0 Å². The van der Waals surface area contributed by atoms with Gasteiger partial charge in [0, 0.05) is 11.1 Å². The normalized spacial score (nSPS) is 21.5. The van der Waals surface area contributed by atoms with Crippen molar-refractivity contribution >= 4 is 0 Å². The molecular weight excluding hydrogens is 189 g/mol. The molecule has 0 aromatic heterocycles. The monoisotopic (exact) mass is 207 g/mol. The van der Waals surface area contributed by atoms with Crippen LogP contribution < -0.4 is 5.73 Å². The molecule has 1 nitrogen and oxygen atoms in total. The van der Waals surface area contributed by atoms with Crippen LogP contribution in [0.3, 0.4) is 0 Å². The highest BCUT2D eigenvalue weighted by Gasteiger charge is 2.35. The molecule has 0 saturated heterocycles. The lowest BCUT2D eigenvalue weighted by atomic mass is 9.79. The third-order valence-corrected chi connectivity index (χ3v) is 3.66. The zero-order valence-corrected chi connectivity index (χ0v) is 9.17. The molecule has 1 aliphatic rings. The Morgan fingerprint density at radius 1 is 1.27 bits per heavy atom. The van der Waals surface area contributed by atoms with Gasteiger partial charge in [-0.05, 0) is 31.7 Å². The predicted molar refractivity (Wildman–Crippen MR) is 59.9 cm³/mol. The van der Waals surface area contributed by atoms with Gasteiger partial charge in [0.05, 0.1) is 0 Å². The van der Waals surface area contributed by atoms with E-state index in [0.717, 1.165) is 12.8 Å². The van der Waals surface area contributed by atoms with Crippen LogP contribution in [0, 0.1) is 11.7 Å². The Morgan fingerprint density at radius 2 is 1.87 bits per heavy atom. The van der Waals surface area contributed by atoms with E-state index in [1.165, 1.54) is 18.9 Å². The van der Waals surface area contributed by atoms with E-state index in [0.29, 0.717) is 11.5 Å². The largest absolute Gasteiger partial charge is 0.321 e. The fraction of sp³-hybridized carbons (Fsp3) is 0.538. The van der Waals surface area contributed by atoms with Crippen LogP contribution >= 0.6 is 0 Å². The molecular formula is C13H18FN. The van der Waals surface area contributed by atoms with Gasteiger partial charge in [0.25, 0.3) is 0 Å². The number of hydrogen-bond acceptors (Lipinski definition) is 1. The molecule has 0 amide bonds. The van der Waals surface area contributed by atoms with Crippen molar-refractivity contribution in [3.05, 3.63) is 35.6 Å². The molecule has 0 aliphatic heterocycles. The summed E-state index contributed by atoms with van der Waals surface area (Å²) in [5, 5.41) is 0. The van der Waals surface area contributed by atoms with E-state index in [1.807, 2.05) is 19.1 Å². The molecule has 15 heavy (non-hydrogen) atoms. The molecule has 0 radical (unpaired) electrons. The number of benzene rings is 1. The second-order valence-electron chi connectivity index (χ2n) is 4.74. The van der Waals surface area contributed by atoms with Crippen LogP contribution in [0.5, 0.6) is 0 Å². The molecule has 0 spiro atoms. The average Bonchev–Trinajstić information content (AvgIpc) is 2.71. The molecule has 1 aromatic carbocycles. The molecule has 1 atom stereocenters. The molecule has 1 aliphatic carbocycles. The van der Waals surface area contributed by atoms with Crippen LogP contribution in [0.15, 0.2) is 24.3 Å². The Kier molecular flexibility index (Phi) is 2.79. The van der Waals surface area contributed by atoms with Gasteiger partial charge in [0.2, 0.25) is 0 Å². The molecule has 1 aromatic rings. The van der Waals surface area contributed by atoms with E-state index >= 15 is 0 Å². The Bertz CT molecular complexity index is 340. The molecule has 2 heteroatoms. The highest BCUT2D eigenvalue weighted by molar-refractivity contribution is 5.26. The van der Waals surface area contributed by atoms with Crippen LogP contribution in [0.1, 0.15) is 38.2 Å². The summed E-state index contributed by atoms with van der Waals surface area (Å²) < 4.78 is 13.7. The van der Waals surface area contributed by atoms with E-state index in [9.17, 15) is 4.39 Å². The van der Waals surface area contributed by atoms with Crippen molar-refractivity contribution in [2.24, 2.45) is 11.7 Å². The van der Waals surface area contributed by atoms with E-state index in [4.69, 9.17) is 5.73 Å². The third-order valence-electron chi connectivity index (χ3n) is 3.66. The highest BCUT2D eigenvalue weighted by Crippen LogP contribution is 2.39. The first-order valence-corrected chi connectivity index (χ1v) is 5.66. The van der Waals surface area contributed by atoms with Gasteiger partial charge in [-0.3, -0.25) is 0 Å². The Balaban J connectivity index is 2.31. The van der Waals surface area contributed by atoms with Gasteiger partial charge in [-0.15, -0.1) is 0 Å². The quantitative estimate of drug-likeness (QED) is 0.792. The standard InChI is InChI=1S/C13H18FN/c1-13(15,10-6-2-3-7-10)11-8-4-5-9-12(11)14/h4-5,8-10H,2-3,6-7,15H2,1H3. The van der Waals surface area contributed by atoms with Crippen molar-refractivity contribution in [2.75, 3.05) is 0 Å². The average molecular weight is 207 g/mol. The van der Waals surface area contributed by atoms with Gasteiger partial charge in [0.1, 0.15) is 5.82 Å². The Morgan fingerprint density at radius 3 is 2.47 bits per heavy atom. The summed E-state index contributed by atoms with van der Waals surface area (Å²) in [7, 11) is 0. The fourth-order valence-electron chi connectivity index (χ4n) is 2.64. The number of halogens is 1. The lowest BCUT2D eigenvalue weighted by molar-refractivity contribution is 0.297. The summed E-state index contributed by atoms with van der Waals surface area (Å²) in [6, 6.07) is 6.88. The van der Waals surface area contributed by atoms with Crippen LogP contribution in [-0.2, 0) is 5.54 Å². The maximum atomic E-state index is 13.7. The molecule has 82 valence electrons. The maximum Gasteiger partial charge on any atom is 0.128 e. The number of nitrogens with two attached hydrogens (primary N) is 1. The zero-order chi connectivity index (χ0) is 10.9. The van der Waals surface area contributed by atoms with Gasteiger partial charge in [-0.2, -0.15) is 0 Å². The summed E-state index contributed by atoms with van der Waals surface area (Å²) in [4.78, 5) is 0. The molecule has 0 heterocycles. The van der Waals surface area contributed by atoms with Gasteiger partial charge >= 0.3 is 0 Å². The van der Waals surface area contributed by atoms with Gasteiger partial charge in [-0.25, -0.2) is 4.39 Å². The predicted octanol–water partition coefficient (Wildman–Crippen LogP) is 3.19. The summed E-state index contributed by atoms with van der Waals surface area (Å²) >= 11 is 0. The molecule has 1 fully saturated rings. The molecule has 2 N–H and O–H groups in total. The van der Waals surface area contributed by atoms with Crippen molar-refractivity contribution in [2.45, 2.75) is 38.1 Å². The number of rotatable bonds is 2. The van der Waals surface area contributed by atoms with Crippen LogP contribution in [0.25, 0.3) is 0 Å². The minimum absolute atomic E-state index is 0.172. The first-order valence-electron chi connectivity index (χ1n) is 5.66. The first kappa shape index (κ1) is 10.6. The lowest BCUT2D eigenvalue weighted by Crippen LogP contribution is -2.40. The van der Waals surface area contributed by atoms with Crippen molar-refractivity contribution in [3.8, 4) is 0 Å². The van der Waals surface area contributed by atoms with Crippen LogP contribution in [0.4, 0.5) is 4.39 Å². The first-order chi connectivity index (χ1) is 7.12. The molecule has 1 unspecified atom stereocenters. The summed E-state index contributed by atoms with van der Waals surface area (Å²) in [5.41, 5.74) is 6.46. The zero-order valence-electron chi connectivity index (χ0n) is 9.17. The van der Waals surface area contributed by atoms with Crippen molar-refractivity contribution in [3.63, 3.8) is 0 Å². The second kappa shape index (κ2) is 3.93. The summed E-state index contributed by atoms with van der Waals surface area (Å²) in [6.45, 7) is 1.96. The minimum atomic E-state index is -0.512. The SMILES string of the molecule is CC(N)(c1ccccc1F)C1CCCC1. The van der Waals surface area contributed by atoms with E-state index in [1.54, 1.807) is 6.07 Å². The second-order valence-corrected chi connectivity index (χ2v) is 4.74. The van der Waals surface area contributed by atoms with Crippen LogP contribution in [0.2, 0.25) is 0 Å². The summed E-state index contributed by atoms with van der Waals surface area (Å²) in [6.07, 6.45) is 4.71. The molecule has 0 bridgehead atoms. The Labute approximate surface area is 90.5 Å².